The predicted molar refractivity (Wildman–Crippen MR) is 51.8 cm³/mol. The standard InChI is InChI=1S/C7H16N2O4S/c1-4-13-7(10)5-8-14(11,12)9-6(2)3/h6,8-9H,4-5H2,1-3H3. The highest BCUT2D eigenvalue weighted by Crippen LogP contribution is 1.84. The average Bonchev–Trinajstić information content (AvgIpc) is 1.99. The zero-order valence-corrected chi connectivity index (χ0v) is 9.35. The van der Waals surface area contributed by atoms with Crippen molar-refractivity contribution in [2.24, 2.45) is 0 Å². The number of ether oxygens (including phenoxy) is 1. The van der Waals surface area contributed by atoms with Crippen molar-refractivity contribution in [1.82, 2.24) is 9.44 Å². The van der Waals surface area contributed by atoms with Gasteiger partial charge in [-0.15, -0.1) is 0 Å². The lowest BCUT2D eigenvalue weighted by atomic mass is 10.4. The third-order valence-corrected chi connectivity index (χ3v) is 2.41. The van der Waals surface area contributed by atoms with Gasteiger partial charge in [0.05, 0.1) is 6.61 Å². The minimum absolute atomic E-state index is 0.213. The summed E-state index contributed by atoms with van der Waals surface area (Å²) < 4.78 is 31.1. The maximum Gasteiger partial charge on any atom is 0.321 e. The second-order valence-corrected chi connectivity index (χ2v) is 4.43. The van der Waals surface area contributed by atoms with E-state index in [4.69, 9.17) is 0 Å². The van der Waals surface area contributed by atoms with Crippen LogP contribution in [0.5, 0.6) is 0 Å². The normalized spacial score (nSPS) is 11.7. The van der Waals surface area contributed by atoms with Crippen molar-refractivity contribution in [3.8, 4) is 0 Å². The molecule has 0 aliphatic heterocycles. The lowest BCUT2D eigenvalue weighted by Crippen LogP contribution is -2.42. The molecule has 0 aliphatic rings. The summed E-state index contributed by atoms with van der Waals surface area (Å²) in [5, 5.41) is 0. The summed E-state index contributed by atoms with van der Waals surface area (Å²) in [5.41, 5.74) is 0. The third kappa shape index (κ3) is 6.81. The first-order chi connectivity index (χ1) is 6.37. The topological polar surface area (TPSA) is 84.5 Å². The molecule has 0 atom stereocenters. The molecule has 84 valence electrons. The van der Waals surface area contributed by atoms with E-state index in [0.29, 0.717) is 0 Å². The van der Waals surface area contributed by atoms with Gasteiger partial charge in [-0.1, -0.05) is 0 Å². The van der Waals surface area contributed by atoms with Crippen molar-refractivity contribution in [3.63, 3.8) is 0 Å². The number of rotatable bonds is 6. The van der Waals surface area contributed by atoms with Crippen LogP contribution in [0.1, 0.15) is 20.8 Å². The molecule has 0 spiro atoms. The first-order valence-electron chi connectivity index (χ1n) is 4.30. The number of carbonyl (C=O) groups excluding carboxylic acids is 1. The van der Waals surface area contributed by atoms with Crippen molar-refractivity contribution < 1.29 is 17.9 Å². The molecule has 14 heavy (non-hydrogen) atoms. The first kappa shape index (κ1) is 13.3. The molecule has 0 rings (SSSR count). The van der Waals surface area contributed by atoms with Crippen LogP contribution in [-0.4, -0.2) is 33.6 Å². The Morgan fingerprint density at radius 3 is 2.43 bits per heavy atom. The summed E-state index contributed by atoms with van der Waals surface area (Å²) in [7, 11) is -3.60. The highest BCUT2D eigenvalue weighted by molar-refractivity contribution is 7.87. The van der Waals surface area contributed by atoms with Gasteiger partial charge in [0, 0.05) is 6.04 Å². The average molecular weight is 224 g/mol. The highest BCUT2D eigenvalue weighted by Gasteiger charge is 2.12. The Hall–Kier alpha value is -0.660. The molecule has 0 aromatic rings. The summed E-state index contributed by atoms with van der Waals surface area (Å²) in [5.74, 6) is -0.596. The lowest BCUT2D eigenvalue weighted by molar-refractivity contribution is -0.141. The third-order valence-electron chi connectivity index (χ3n) is 1.10. The van der Waals surface area contributed by atoms with E-state index in [1.807, 2.05) is 0 Å². The fourth-order valence-electron chi connectivity index (χ4n) is 0.718. The van der Waals surface area contributed by atoms with Crippen LogP contribution in [0.3, 0.4) is 0 Å². The van der Waals surface area contributed by atoms with Crippen molar-refractivity contribution in [1.29, 1.82) is 0 Å². The number of nitrogens with one attached hydrogen (secondary N) is 2. The molecular formula is C7H16N2O4S. The Balaban J connectivity index is 3.94. The van der Waals surface area contributed by atoms with Crippen LogP contribution >= 0.6 is 0 Å². The molecule has 0 fully saturated rings. The summed E-state index contributed by atoms with van der Waals surface area (Å²) in [6.07, 6.45) is 0. The molecule has 0 unspecified atom stereocenters. The summed E-state index contributed by atoms with van der Waals surface area (Å²) in [4.78, 5) is 10.8. The van der Waals surface area contributed by atoms with E-state index in [1.165, 1.54) is 0 Å². The van der Waals surface area contributed by atoms with Gasteiger partial charge in [0.25, 0.3) is 10.2 Å². The molecule has 0 saturated heterocycles. The molecule has 0 aromatic heterocycles. The number of hydrogen-bond acceptors (Lipinski definition) is 4. The van der Waals surface area contributed by atoms with E-state index in [-0.39, 0.29) is 19.2 Å². The van der Waals surface area contributed by atoms with Gasteiger partial charge in [0.2, 0.25) is 0 Å². The van der Waals surface area contributed by atoms with Crippen LogP contribution in [-0.2, 0) is 19.7 Å². The Morgan fingerprint density at radius 2 is 2.00 bits per heavy atom. The molecule has 0 bridgehead atoms. The van der Waals surface area contributed by atoms with Gasteiger partial charge in [0.1, 0.15) is 6.54 Å². The second-order valence-electron chi connectivity index (χ2n) is 2.90. The molecule has 0 radical (unpaired) electrons. The lowest BCUT2D eigenvalue weighted by Gasteiger charge is -2.09. The van der Waals surface area contributed by atoms with Gasteiger partial charge in [-0.05, 0) is 20.8 Å². The Morgan fingerprint density at radius 1 is 1.43 bits per heavy atom. The zero-order chi connectivity index (χ0) is 11.2. The van der Waals surface area contributed by atoms with E-state index < -0.39 is 16.2 Å². The van der Waals surface area contributed by atoms with Gasteiger partial charge in [-0.3, -0.25) is 4.79 Å². The van der Waals surface area contributed by atoms with Crippen molar-refractivity contribution >= 4 is 16.2 Å². The van der Waals surface area contributed by atoms with Crippen LogP contribution in [0.15, 0.2) is 0 Å². The minimum atomic E-state index is -3.60. The SMILES string of the molecule is CCOC(=O)CNS(=O)(=O)NC(C)C. The summed E-state index contributed by atoms with van der Waals surface area (Å²) >= 11 is 0. The molecule has 0 amide bonds. The Bertz CT molecular complexity index is 273. The Labute approximate surface area is 84.2 Å². The quantitative estimate of drug-likeness (QED) is 0.589. The van der Waals surface area contributed by atoms with Crippen molar-refractivity contribution in [3.05, 3.63) is 0 Å². The van der Waals surface area contributed by atoms with Gasteiger partial charge >= 0.3 is 5.97 Å². The minimum Gasteiger partial charge on any atom is -0.465 e. The molecule has 2 N–H and O–H groups in total. The molecule has 6 nitrogen and oxygen atoms in total. The zero-order valence-electron chi connectivity index (χ0n) is 8.53. The number of hydrogen-bond donors (Lipinski definition) is 2. The van der Waals surface area contributed by atoms with Crippen LogP contribution < -0.4 is 9.44 Å². The molecule has 0 saturated carbocycles. The maximum atomic E-state index is 11.1. The van der Waals surface area contributed by atoms with E-state index in [1.54, 1.807) is 20.8 Å². The van der Waals surface area contributed by atoms with Gasteiger partial charge in [-0.25, -0.2) is 0 Å². The molecule has 7 heteroatoms. The monoisotopic (exact) mass is 224 g/mol. The summed E-state index contributed by atoms with van der Waals surface area (Å²) in [6.45, 7) is 4.90. The number of esters is 1. The maximum absolute atomic E-state index is 11.1. The largest absolute Gasteiger partial charge is 0.465 e. The second kappa shape index (κ2) is 5.94. The van der Waals surface area contributed by atoms with E-state index in [2.05, 4.69) is 14.2 Å². The summed E-state index contributed by atoms with van der Waals surface area (Å²) in [6, 6.07) is -0.213. The van der Waals surface area contributed by atoms with E-state index >= 15 is 0 Å². The molecular weight excluding hydrogens is 208 g/mol. The molecule has 0 heterocycles. The van der Waals surface area contributed by atoms with E-state index in [9.17, 15) is 13.2 Å². The van der Waals surface area contributed by atoms with Crippen molar-refractivity contribution in [2.45, 2.75) is 26.8 Å². The smallest absolute Gasteiger partial charge is 0.321 e. The van der Waals surface area contributed by atoms with Gasteiger partial charge in [-0.2, -0.15) is 17.9 Å². The Kier molecular flexibility index (Phi) is 5.66. The van der Waals surface area contributed by atoms with Gasteiger partial charge < -0.3 is 4.74 Å². The predicted octanol–water partition coefficient (Wildman–Crippen LogP) is -0.618. The molecule has 0 aromatic carbocycles. The van der Waals surface area contributed by atoms with Crippen LogP contribution in [0.25, 0.3) is 0 Å². The van der Waals surface area contributed by atoms with E-state index in [0.717, 1.165) is 0 Å². The fraction of sp³-hybridized carbons (Fsp3) is 0.857. The first-order valence-corrected chi connectivity index (χ1v) is 5.78. The van der Waals surface area contributed by atoms with Crippen LogP contribution in [0.2, 0.25) is 0 Å². The van der Waals surface area contributed by atoms with Crippen LogP contribution in [0, 0.1) is 0 Å². The number of carbonyl (C=O) groups is 1. The van der Waals surface area contributed by atoms with Crippen molar-refractivity contribution in [2.75, 3.05) is 13.2 Å². The highest BCUT2D eigenvalue weighted by atomic mass is 32.2. The van der Waals surface area contributed by atoms with Gasteiger partial charge in [0.15, 0.2) is 0 Å². The fourth-order valence-corrected chi connectivity index (χ4v) is 1.73. The molecule has 0 aliphatic carbocycles. The van der Waals surface area contributed by atoms with Crippen LogP contribution in [0.4, 0.5) is 0 Å².